The highest BCUT2D eigenvalue weighted by Gasteiger charge is 2.24. The molecule has 0 radical (unpaired) electrons. The van der Waals surface area contributed by atoms with Gasteiger partial charge in [0.1, 0.15) is 5.52 Å². The van der Waals surface area contributed by atoms with Crippen LogP contribution in [0.15, 0.2) is 83.4 Å². The number of amides is 1. The van der Waals surface area contributed by atoms with E-state index < -0.39 is 12.1 Å². The summed E-state index contributed by atoms with van der Waals surface area (Å²) in [5, 5.41) is 4.76. The van der Waals surface area contributed by atoms with Gasteiger partial charge in [0.15, 0.2) is 11.9 Å². The summed E-state index contributed by atoms with van der Waals surface area (Å²) in [6.45, 7) is 1.56. The topological polar surface area (TPSA) is 72.6 Å². The Hall–Kier alpha value is -3.93. The number of anilines is 1. The number of hydrogen-bond acceptors (Lipinski definition) is 5. The minimum atomic E-state index is -0.936. The van der Waals surface area contributed by atoms with Crippen molar-refractivity contribution in [3.8, 4) is 11.3 Å². The number of para-hydroxylation sites is 1. The van der Waals surface area contributed by atoms with Gasteiger partial charge in [-0.3, -0.25) is 4.79 Å². The van der Waals surface area contributed by atoms with Crippen molar-refractivity contribution in [2.45, 2.75) is 13.0 Å². The molecular formula is C24H20N2O4. The van der Waals surface area contributed by atoms with Crippen molar-refractivity contribution in [2.75, 3.05) is 11.9 Å². The Morgan fingerprint density at radius 1 is 0.967 bits per heavy atom. The zero-order valence-electron chi connectivity index (χ0n) is 16.6. The van der Waals surface area contributed by atoms with Crippen LogP contribution >= 0.6 is 0 Å². The van der Waals surface area contributed by atoms with Crippen LogP contribution in [0.4, 0.5) is 5.69 Å². The first-order valence-corrected chi connectivity index (χ1v) is 9.53. The predicted molar refractivity (Wildman–Crippen MR) is 114 cm³/mol. The van der Waals surface area contributed by atoms with Crippen molar-refractivity contribution in [3.63, 3.8) is 0 Å². The molecule has 1 atom stereocenters. The molecule has 6 nitrogen and oxygen atoms in total. The third-order valence-corrected chi connectivity index (χ3v) is 4.85. The van der Waals surface area contributed by atoms with Crippen molar-refractivity contribution in [1.29, 1.82) is 0 Å². The number of benzene rings is 3. The monoisotopic (exact) mass is 400 g/mol. The molecule has 0 bridgehead atoms. The van der Waals surface area contributed by atoms with E-state index in [4.69, 9.17) is 9.26 Å². The third-order valence-electron chi connectivity index (χ3n) is 4.85. The number of rotatable bonds is 5. The number of ether oxygens (including phenoxy) is 1. The van der Waals surface area contributed by atoms with Crippen molar-refractivity contribution >= 4 is 28.5 Å². The van der Waals surface area contributed by atoms with Crippen LogP contribution in [0.2, 0.25) is 0 Å². The summed E-state index contributed by atoms with van der Waals surface area (Å²) < 4.78 is 10.9. The fourth-order valence-electron chi connectivity index (χ4n) is 3.20. The number of hydrogen-bond donors (Lipinski definition) is 0. The van der Waals surface area contributed by atoms with Crippen LogP contribution in [-0.4, -0.2) is 30.2 Å². The molecule has 4 rings (SSSR count). The standard InChI is InChI=1S/C24H20N2O4/c1-16(23(27)26(2)19-11-7-4-8-12-19)29-24(28)18-13-14-21-20(15-18)22(30-25-21)17-9-5-3-6-10-17/h3-16H,1-2H3/t16-/m0/s1. The highest BCUT2D eigenvalue weighted by atomic mass is 16.5. The van der Waals surface area contributed by atoms with Gasteiger partial charge in [-0.05, 0) is 37.3 Å². The first kappa shape index (κ1) is 19.4. The maximum Gasteiger partial charge on any atom is 0.338 e. The molecule has 0 aliphatic heterocycles. The lowest BCUT2D eigenvalue weighted by Gasteiger charge is -2.21. The normalized spacial score (nSPS) is 11.8. The van der Waals surface area contributed by atoms with Crippen LogP contribution in [0, 0.1) is 0 Å². The second-order valence-electron chi connectivity index (χ2n) is 6.89. The zero-order valence-corrected chi connectivity index (χ0v) is 16.6. The molecule has 0 unspecified atom stereocenters. The van der Waals surface area contributed by atoms with E-state index in [-0.39, 0.29) is 5.91 Å². The van der Waals surface area contributed by atoms with Crippen molar-refractivity contribution < 1.29 is 18.8 Å². The van der Waals surface area contributed by atoms with Crippen LogP contribution in [0.1, 0.15) is 17.3 Å². The highest BCUT2D eigenvalue weighted by molar-refractivity contribution is 6.01. The summed E-state index contributed by atoms with van der Waals surface area (Å²) in [5.41, 5.74) is 2.55. The number of fused-ring (bicyclic) bond motifs is 1. The van der Waals surface area contributed by atoms with Crippen molar-refractivity contribution in [3.05, 3.63) is 84.4 Å². The second kappa shape index (κ2) is 8.21. The molecule has 0 N–H and O–H groups in total. The summed E-state index contributed by atoms with van der Waals surface area (Å²) in [6, 6.07) is 23.7. The Morgan fingerprint density at radius 2 is 1.63 bits per heavy atom. The molecule has 6 heteroatoms. The fraction of sp³-hybridized carbons (Fsp3) is 0.125. The lowest BCUT2D eigenvalue weighted by molar-refractivity contribution is -0.126. The van der Waals surface area contributed by atoms with Crippen molar-refractivity contribution in [2.24, 2.45) is 0 Å². The number of nitrogens with zero attached hydrogens (tertiary/aromatic N) is 2. The first-order valence-electron chi connectivity index (χ1n) is 9.53. The molecule has 1 heterocycles. The van der Waals surface area contributed by atoms with Crippen LogP contribution in [0.3, 0.4) is 0 Å². The molecule has 0 saturated carbocycles. The van der Waals surface area contributed by atoms with Gasteiger partial charge >= 0.3 is 5.97 Å². The number of carbonyl (C=O) groups is 2. The summed E-state index contributed by atoms with van der Waals surface area (Å²) in [4.78, 5) is 26.8. The Balaban J connectivity index is 1.54. The Morgan fingerprint density at radius 3 is 2.33 bits per heavy atom. The van der Waals surface area contributed by atoms with Crippen LogP contribution in [-0.2, 0) is 9.53 Å². The van der Waals surface area contributed by atoms with Crippen LogP contribution in [0.5, 0.6) is 0 Å². The van der Waals surface area contributed by atoms with E-state index in [1.54, 1.807) is 32.2 Å². The minimum Gasteiger partial charge on any atom is -0.449 e. The average molecular weight is 400 g/mol. The Bertz CT molecular complexity index is 1190. The zero-order chi connectivity index (χ0) is 21.1. The van der Waals surface area contributed by atoms with Gasteiger partial charge in [-0.1, -0.05) is 53.7 Å². The van der Waals surface area contributed by atoms with E-state index in [2.05, 4.69) is 5.16 Å². The highest BCUT2D eigenvalue weighted by Crippen LogP contribution is 2.29. The van der Waals surface area contributed by atoms with Crippen LogP contribution in [0.25, 0.3) is 22.2 Å². The molecule has 1 amide bonds. The molecule has 0 spiro atoms. The summed E-state index contributed by atoms with van der Waals surface area (Å²) in [5.74, 6) is -0.321. The number of carbonyl (C=O) groups excluding carboxylic acids is 2. The molecular weight excluding hydrogens is 380 g/mol. The van der Waals surface area contributed by atoms with Gasteiger partial charge in [-0.25, -0.2) is 4.79 Å². The summed E-state index contributed by atoms with van der Waals surface area (Å²) in [7, 11) is 1.65. The predicted octanol–water partition coefficient (Wildman–Crippen LogP) is 4.70. The van der Waals surface area contributed by atoms with Crippen LogP contribution < -0.4 is 4.90 Å². The van der Waals surface area contributed by atoms with E-state index in [1.807, 2.05) is 60.7 Å². The lowest BCUT2D eigenvalue weighted by Crippen LogP contribution is -2.37. The largest absolute Gasteiger partial charge is 0.449 e. The van der Waals surface area contributed by atoms with E-state index in [0.717, 1.165) is 11.3 Å². The molecule has 1 aromatic heterocycles. The van der Waals surface area contributed by atoms with E-state index >= 15 is 0 Å². The van der Waals surface area contributed by atoms with E-state index in [9.17, 15) is 9.59 Å². The van der Waals surface area contributed by atoms with Gasteiger partial charge < -0.3 is 14.2 Å². The fourth-order valence-corrected chi connectivity index (χ4v) is 3.20. The number of aromatic nitrogens is 1. The lowest BCUT2D eigenvalue weighted by atomic mass is 10.1. The maximum absolute atomic E-state index is 12.7. The molecule has 0 aliphatic rings. The molecule has 30 heavy (non-hydrogen) atoms. The maximum atomic E-state index is 12.7. The molecule has 4 aromatic rings. The van der Waals surface area contributed by atoms with Gasteiger partial charge in [0.25, 0.3) is 5.91 Å². The quantitative estimate of drug-likeness (QED) is 0.454. The smallest absolute Gasteiger partial charge is 0.338 e. The first-order chi connectivity index (χ1) is 14.5. The summed E-state index contributed by atoms with van der Waals surface area (Å²) in [6.07, 6.45) is -0.936. The molecule has 0 aliphatic carbocycles. The Kier molecular flexibility index (Phi) is 5.30. The van der Waals surface area contributed by atoms with Gasteiger partial charge in [-0.2, -0.15) is 0 Å². The minimum absolute atomic E-state index is 0.314. The van der Waals surface area contributed by atoms with Gasteiger partial charge in [0.05, 0.1) is 10.9 Å². The van der Waals surface area contributed by atoms with Gasteiger partial charge in [0.2, 0.25) is 0 Å². The second-order valence-corrected chi connectivity index (χ2v) is 6.89. The number of esters is 1. The summed E-state index contributed by atoms with van der Waals surface area (Å²) >= 11 is 0. The average Bonchev–Trinajstić information content (AvgIpc) is 3.22. The SMILES string of the molecule is C[C@H](OC(=O)c1ccc2noc(-c3ccccc3)c2c1)C(=O)N(C)c1ccccc1. The van der Waals surface area contributed by atoms with E-state index in [1.165, 1.54) is 4.90 Å². The molecule has 0 fully saturated rings. The third kappa shape index (κ3) is 3.80. The molecule has 150 valence electrons. The number of likely N-dealkylation sites (N-methyl/N-ethyl adjacent to an activating group) is 1. The Labute approximate surface area is 173 Å². The molecule has 0 saturated heterocycles. The van der Waals surface area contributed by atoms with Gasteiger partial charge in [-0.15, -0.1) is 0 Å². The van der Waals surface area contributed by atoms with Gasteiger partial charge in [0, 0.05) is 18.3 Å². The molecule has 3 aromatic carbocycles. The van der Waals surface area contributed by atoms with Crippen molar-refractivity contribution in [1.82, 2.24) is 5.16 Å². The van der Waals surface area contributed by atoms with E-state index in [0.29, 0.717) is 22.2 Å².